The number of thiazole rings is 1. The topological polar surface area (TPSA) is 55.7 Å². The molecule has 7 heteroatoms. The molecule has 140 valence electrons. The van der Waals surface area contributed by atoms with E-state index in [1.54, 1.807) is 12.1 Å². The number of carbonyl (C=O) groups excluding carboxylic acids is 1. The molecule has 28 heavy (non-hydrogen) atoms. The Kier molecular flexibility index (Phi) is 5.19. The van der Waals surface area contributed by atoms with Crippen LogP contribution in [-0.4, -0.2) is 26.7 Å². The zero-order valence-electron chi connectivity index (χ0n) is 15.3. The van der Waals surface area contributed by atoms with E-state index in [1.807, 2.05) is 38.1 Å². The van der Waals surface area contributed by atoms with Crippen LogP contribution in [-0.2, 0) is 0 Å². The van der Waals surface area contributed by atoms with Crippen molar-refractivity contribution in [2.24, 2.45) is 0 Å². The minimum Gasteiger partial charge on any atom is -0.293 e. The molecule has 0 saturated carbocycles. The van der Waals surface area contributed by atoms with Gasteiger partial charge in [-0.2, -0.15) is 0 Å². The normalized spacial score (nSPS) is 11.1. The van der Waals surface area contributed by atoms with E-state index in [-0.39, 0.29) is 17.4 Å². The quantitative estimate of drug-likeness (QED) is 0.322. The molecule has 4 nitrogen and oxygen atoms in total. The number of thioether (sulfide) groups is 1. The van der Waals surface area contributed by atoms with E-state index in [1.165, 1.54) is 35.2 Å². The molecule has 0 fully saturated rings. The maximum Gasteiger partial charge on any atom is 0.173 e. The van der Waals surface area contributed by atoms with Gasteiger partial charge < -0.3 is 0 Å². The smallest absolute Gasteiger partial charge is 0.173 e. The summed E-state index contributed by atoms with van der Waals surface area (Å²) >= 11 is 2.86. The second-order valence-electron chi connectivity index (χ2n) is 6.35. The van der Waals surface area contributed by atoms with Crippen LogP contribution in [0.3, 0.4) is 0 Å². The van der Waals surface area contributed by atoms with Crippen molar-refractivity contribution in [2.75, 3.05) is 5.75 Å². The van der Waals surface area contributed by atoms with Crippen LogP contribution in [0, 0.1) is 19.7 Å². The number of aryl methyl sites for hydroxylation is 2. The van der Waals surface area contributed by atoms with Crippen LogP contribution in [0.5, 0.6) is 0 Å². The fraction of sp³-hybridized carbons (Fsp3) is 0.143. The summed E-state index contributed by atoms with van der Waals surface area (Å²) in [4.78, 5) is 17.1. The van der Waals surface area contributed by atoms with Gasteiger partial charge in [-0.3, -0.25) is 4.79 Å². The van der Waals surface area contributed by atoms with E-state index in [4.69, 9.17) is 0 Å². The fourth-order valence-corrected chi connectivity index (χ4v) is 4.58. The number of carbonyl (C=O) groups is 1. The molecule has 4 rings (SSSR count). The Morgan fingerprint density at radius 1 is 1.04 bits per heavy atom. The molecule has 4 aromatic rings. The standard InChI is InChI=1S/C21H16FN3OS2/c1-12-3-5-14(6-4-12)17(26)11-27-21-19-20(28-13(2)23-19)18(24-25-21)15-7-9-16(22)10-8-15/h3-10H,11H2,1-2H3. The fourth-order valence-electron chi connectivity index (χ4n) is 2.77. The third-order valence-electron chi connectivity index (χ3n) is 4.22. The van der Waals surface area contributed by atoms with Crippen LogP contribution in [0.15, 0.2) is 53.6 Å². The van der Waals surface area contributed by atoms with Gasteiger partial charge in [0.1, 0.15) is 22.1 Å². The van der Waals surface area contributed by atoms with Crippen LogP contribution in [0.2, 0.25) is 0 Å². The molecule has 0 aliphatic carbocycles. The molecule has 0 bridgehead atoms. The van der Waals surface area contributed by atoms with Crippen molar-refractivity contribution in [3.8, 4) is 11.3 Å². The average Bonchev–Trinajstić information content (AvgIpc) is 3.09. The van der Waals surface area contributed by atoms with Crippen molar-refractivity contribution >= 4 is 39.1 Å². The summed E-state index contributed by atoms with van der Waals surface area (Å²) in [6.45, 7) is 3.91. The third kappa shape index (κ3) is 3.81. The number of hydrogen-bond donors (Lipinski definition) is 0. The van der Waals surface area contributed by atoms with Gasteiger partial charge in [0.25, 0.3) is 0 Å². The van der Waals surface area contributed by atoms with Gasteiger partial charge in [-0.15, -0.1) is 21.5 Å². The summed E-state index contributed by atoms with van der Waals surface area (Å²) in [5, 5.41) is 10.2. The van der Waals surface area contributed by atoms with Gasteiger partial charge in [0.2, 0.25) is 0 Å². The van der Waals surface area contributed by atoms with E-state index in [9.17, 15) is 9.18 Å². The summed E-state index contributed by atoms with van der Waals surface area (Å²) in [6, 6.07) is 13.7. The lowest BCUT2D eigenvalue weighted by Gasteiger charge is -2.05. The lowest BCUT2D eigenvalue weighted by Crippen LogP contribution is -2.03. The van der Waals surface area contributed by atoms with Gasteiger partial charge in [0.15, 0.2) is 5.78 Å². The molecule has 0 aliphatic heterocycles. The van der Waals surface area contributed by atoms with Gasteiger partial charge in [-0.1, -0.05) is 41.6 Å². The molecule has 2 aromatic carbocycles. The molecule has 2 aromatic heterocycles. The van der Waals surface area contributed by atoms with Gasteiger partial charge in [-0.25, -0.2) is 9.37 Å². The molecular weight excluding hydrogens is 393 g/mol. The van der Waals surface area contributed by atoms with Crippen LogP contribution < -0.4 is 0 Å². The molecular formula is C21H16FN3OS2. The minimum atomic E-state index is -0.296. The zero-order valence-corrected chi connectivity index (χ0v) is 16.9. The van der Waals surface area contributed by atoms with Crippen molar-refractivity contribution in [1.82, 2.24) is 15.2 Å². The maximum atomic E-state index is 13.2. The Bertz CT molecular complexity index is 1150. The van der Waals surface area contributed by atoms with Crippen LogP contribution in [0.25, 0.3) is 21.5 Å². The number of halogens is 1. The van der Waals surface area contributed by atoms with Gasteiger partial charge >= 0.3 is 0 Å². The summed E-state index contributed by atoms with van der Waals surface area (Å²) in [5.41, 5.74) is 3.99. The van der Waals surface area contributed by atoms with E-state index >= 15 is 0 Å². The summed E-state index contributed by atoms with van der Waals surface area (Å²) in [7, 11) is 0. The van der Waals surface area contributed by atoms with Crippen molar-refractivity contribution < 1.29 is 9.18 Å². The first kappa shape index (κ1) is 18.7. The first-order chi connectivity index (χ1) is 13.5. The zero-order chi connectivity index (χ0) is 19.7. The minimum absolute atomic E-state index is 0.0366. The van der Waals surface area contributed by atoms with Crippen LogP contribution >= 0.6 is 23.1 Å². The van der Waals surface area contributed by atoms with Gasteiger partial charge in [0.05, 0.1) is 15.5 Å². The Hall–Kier alpha value is -2.64. The van der Waals surface area contributed by atoms with Gasteiger partial charge in [0, 0.05) is 11.1 Å². The number of hydrogen-bond acceptors (Lipinski definition) is 6. The molecule has 0 saturated heterocycles. The third-order valence-corrected chi connectivity index (χ3v) is 6.16. The monoisotopic (exact) mass is 409 g/mol. The highest BCUT2D eigenvalue weighted by atomic mass is 32.2. The SMILES string of the molecule is Cc1ccc(C(=O)CSc2nnc(-c3ccc(F)cc3)c3sc(C)nc23)cc1. The highest BCUT2D eigenvalue weighted by molar-refractivity contribution is 8.00. The predicted octanol–water partition coefficient (Wildman–Crippen LogP) is 5.48. The molecule has 0 aliphatic rings. The molecule has 0 spiro atoms. The molecule has 2 heterocycles. The summed E-state index contributed by atoms with van der Waals surface area (Å²) in [5.74, 6) is 0.00371. The number of Topliss-reactive ketones (excluding diaryl/α,β-unsaturated/α-hetero) is 1. The maximum absolute atomic E-state index is 13.2. The Morgan fingerprint density at radius 3 is 2.46 bits per heavy atom. The number of benzene rings is 2. The largest absolute Gasteiger partial charge is 0.293 e. The highest BCUT2D eigenvalue weighted by Gasteiger charge is 2.17. The van der Waals surface area contributed by atoms with Crippen molar-refractivity contribution in [1.29, 1.82) is 0 Å². The second kappa shape index (κ2) is 7.77. The van der Waals surface area contributed by atoms with Crippen molar-refractivity contribution in [2.45, 2.75) is 18.9 Å². The first-order valence-electron chi connectivity index (χ1n) is 8.63. The number of ketones is 1. The van der Waals surface area contributed by atoms with E-state index < -0.39 is 0 Å². The van der Waals surface area contributed by atoms with Gasteiger partial charge in [-0.05, 0) is 38.1 Å². The molecule has 0 atom stereocenters. The Morgan fingerprint density at radius 2 is 1.75 bits per heavy atom. The number of rotatable bonds is 5. The van der Waals surface area contributed by atoms with E-state index in [0.29, 0.717) is 16.3 Å². The number of aromatic nitrogens is 3. The summed E-state index contributed by atoms with van der Waals surface area (Å²) < 4.78 is 14.1. The molecule has 0 unspecified atom stereocenters. The predicted molar refractivity (Wildman–Crippen MR) is 112 cm³/mol. The highest BCUT2D eigenvalue weighted by Crippen LogP contribution is 2.35. The van der Waals surface area contributed by atoms with Crippen molar-refractivity contribution in [3.63, 3.8) is 0 Å². The average molecular weight is 410 g/mol. The van der Waals surface area contributed by atoms with Crippen LogP contribution in [0.1, 0.15) is 20.9 Å². The van der Waals surface area contributed by atoms with E-state index in [2.05, 4.69) is 15.2 Å². The first-order valence-corrected chi connectivity index (χ1v) is 10.4. The molecule has 0 amide bonds. The Balaban J connectivity index is 1.63. The molecule has 0 N–H and O–H groups in total. The number of nitrogens with zero attached hydrogens (tertiary/aromatic N) is 3. The number of fused-ring (bicyclic) bond motifs is 1. The molecule has 0 radical (unpaired) electrons. The second-order valence-corrected chi connectivity index (χ2v) is 8.52. The van der Waals surface area contributed by atoms with Crippen LogP contribution in [0.4, 0.5) is 4.39 Å². The lowest BCUT2D eigenvalue weighted by atomic mass is 10.1. The Labute approximate surface area is 169 Å². The van der Waals surface area contributed by atoms with E-state index in [0.717, 1.165) is 26.4 Å². The lowest BCUT2D eigenvalue weighted by molar-refractivity contribution is 0.102. The van der Waals surface area contributed by atoms with Crippen molar-refractivity contribution in [3.05, 3.63) is 70.5 Å². The summed E-state index contributed by atoms with van der Waals surface area (Å²) in [6.07, 6.45) is 0.